The Balaban J connectivity index is 1.80. The highest BCUT2D eigenvalue weighted by atomic mass is 32.1. The molecule has 3 aromatic heterocycles. The minimum Gasteiger partial charge on any atom is -0.333 e. The summed E-state index contributed by atoms with van der Waals surface area (Å²) < 4.78 is 26.5. The van der Waals surface area contributed by atoms with Crippen LogP contribution in [0.4, 0.5) is 8.78 Å². The lowest BCUT2D eigenvalue weighted by Crippen LogP contribution is -2.27. The number of halogens is 2. The number of alkyl halides is 2. The van der Waals surface area contributed by atoms with Gasteiger partial charge in [-0.1, -0.05) is 0 Å². The molecule has 0 N–H and O–H groups in total. The van der Waals surface area contributed by atoms with E-state index in [1.807, 2.05) is 16.8 Å². The Hall–Kier alpha value is -2.13. The summed E-state index contributed by atoms with van der Waals surface area (Å²) in [6.45, 7) is -0.907. The van der Waals surface area contributed by atoms with Gasteiger partial charge in [0.2, 0.25) is 0 Å². The Bertz CT molecular complexity index is 842. The Labute approximate surface area is 145 Å². The summed E-state index contributed by atoms with van der Waals surface area (Å²) >= 11 is 2.87. The number of thiazole rings is 1. The number of aromatic nitrogens is 3. The molecule has 9 heteroatoms. The average molecular weight is 368 g/mol. The number of hydrogen-bond donors (Lipinski definition) is 0. The molecule has 3 rings (SSSR count). The van der Waals surface area contributed by atoms with Crippen LogP contribution in [-0.4, -0.2) is 32.4 Å². The maximum atomic E-state index is 12.9. The number of imidazole rings is 1. The average Bonchev–Trinajstić information content (AvgIpc) is 3.26. The van der Waals surface area contributed by atoms with Crippen molar-refractivity contribution < 1.29 is 13.6 Å². The fourth-order valence-corrected chi connectivity index (χ4v) is 3.98. The van der Waals surface area contributed by atoms with E-state index in [1.165, 1.54) is 28.6 Å². The second kappa shape index (κ2) is 6.78. The van der Waals surface area contributed by atoms with Gasteiger partial charge in [0.05, 0.1) is 12.2 Å². The Morgan fingerprint density at radius 1 is 1.46 bits per heavy atom. The van der Waals surface area contributed by atoms with E-state index in [1.54, 1.807) is 25.3 Å². The van der Waals surface area contributed by atoms with Gasteiger partial charge >= 0.3 is 6.55 Å². The van der Waals surface area contributed by atoms with Crippen molar-refractivity contribution in [3.63, 3.8) is 0 Å². The van der Waals surface area contributed by atoms with Crippen LogP contribution < -0.4 is 0 Å². The minimum atomic E-state index is -2.68. The van der Waals surface area contributed by atoms with Gasteiger partial charge in [-0.25, -0.2) is 9.97 Å². The molecule has 0 aliphatic heterocycles. The zero-order valence-corrected chi connectivity index (χ0v) is 14.6. The lowest BCUT2D eigenvalue weighted by atomic mass is 10.3. The highest BCUT2D eigenvalue weighted by molar-refractivity contribution is 7.17. The van der Waals surface area contributed by atoms with Crippen LogP contribution in [-0.2, 0) is 6.54 Å². The molecular formula is C15H14F2N4OS2. The first-order valence-corrected chi connectivity index (χ1v) is 8.78. The molecule has 0 saturated heterocycles. The van der Waals surface area contributed by atoms with Crippen LogP contribution in [0.3, 0.4) is 0 Å². The lowest BCUT2D eigenvalue weighted by Gasteiger charge is -2.17. The molecule has 126 valence electrons. The maximum Gasteiger partial charge on any atom is 0.319 e. The van der Waals surface area contributed by atoms with E-state index in [-0.39, 0.29) is 18.3 Å². The molecular weight excluding hydrogens is 354 g/mol. The molecule has 0 aliphatic carbocycles. The van der Waals surface area contributed by atoms with Crippen molar-refractivity contribution in [2.45, 2.75) is 20.0 Å². The summed E-state index contributed by atoms with van der Waals surface area (Å²) in [5, 5.41) is 4.69. The van der Waals surface area contributed by atoms with Crippen molar-refractivity contribution in [2.24, 2.45) is 0 Å². The summed E-state index contributed by atoms with van der Waals surface area (Å²) in [5.41, 5.74) is 1.61. The van der Waals surface area contributed by atoms with Crippen molar-refractivity contribution >= 4 is 28.6 Å². The van der Waals surface area contributed by atoms with Crippen LogP contribution in [0, 0.1) is 6.92 Å². The summed E-state index contributed by atoms with van der Waals surface area (Å²) in [5.74, 6) is -0.114. The normalized spacial score (nSPS) is 11.2. The van der Waals surface area contributed by atoms with Crippen molar-refractivity contribution in [1.82, 2.24) is 19.4 Å². The predicted octanol–water partition coefficient (Wildman–Crippen LogP) is 4.04. The van der Waals surface area contributed by atoms with E-state index >= 15 is 0 Å². The third-order valence-corrected chi connectivity index (χ3v) is 5.32. The van der Waals surface area contributed by atoms with Crippen LogP contribution in [0.5, 0.6) is 0 Å². The monoisotopic (exact) mass is 368 g/mol. The molecule has 1 amide bonds. The number of aryl methyl sites for hydroxylation is 1. The van der Waals surface area contributed by atoms with Crippen LogP contribution in [0.25, 0.3) is 10.6 Å². The molecule has 0 radical (unpaired) electrons. The predicted molar refractivity (Wildman–Crippen MR) is 89.4 cm³/mol. The fraction of sp³-hybridized carbons (Fsp3) is 0.267. The van der Waals surface area contributed by atoms with E-state index < -0.39 is 6.55 Å². The van der Waals surface area contributed by atoms with Crippen molar-refractivity contribution in [1.29, 1.82) is 0 Å². The van der Waals surface area contributed by atoms with Gasteiger partial charge in [-0.2, -0.15) is 20.1 Å². The largest absolute Gasteiger partial charge is 0.333 e. The molecule has 0 spiro atoms. The van der Waals surface area contributed by atoms with Crippen LogP contribution in [0.1, 0.15) is 27.7 Å². The molecule has 5 nitrogen and oxygen atoms in total. The highest BCUT2D eigenvalue weighted by Gasteiger charge is 2.22. The minimum absolute atomic E-state index is 0.00129. The Morgan fingerprint density at radius 3 is 2.92 bits per heavy atom. The third kappa shape index (κ3) is 3.22. The van der Waals surface area contributed by atoms with Crippen LogP contribution >= 0.6 is 22.7 Å². The Morgan fingerprint density at radius 2 is 2.25 bits per heavy atom. The topological polar surface area (TPSA) is 51.0 Å². The maximum absolute atomic E-state index is 12.9. The van der Waals surface area contributed by atoms with E-state index in [0.717, 1.165) is 15.1 Å². The van der Waals surface area contributed by atoms with Crippen molar-refractivity contribution in [2.75, 3.05) is 7.05 Å². The second-order valence-corrected chi connectivity index (χ2v) is 6.91. The van der Waals surface area contributed by atoms with Gasteiger partial charge in [0.15, 0.2) is 0 Å². The van der Waals surface area contributed by atoms with Gasteiger partial charge in [0.1, 0.15) is 15.7 Å². The third-order valence-electron chi connectivity index (χ3n) is 3.44. The summed E-state index contributed by atoms with van der Waals surface area (Å²) in [6, 6.07) is 1.94. The van der Waals surface area contributed by atoms with Crippen molar-refractivity contribution in [3.05, 3.63) is 45.6 Å². The molecule has 0 atom stereocenters. The number of carbonyl (C=O) groups is 1. The lowest BCUT2D eigenvalue weighted by molar-refractivity contribution is 0.0613. The van der Waals surface area contributed by atoms with Gasteiger partial charge in [-0.3, -0.25) is 9.36 Å². The number of hydrogen-bond acceptors (Lipinski definition) is 5. The van der Waals surface area contributed by atoms with Gasteiger partial charge in [-0.15, -0.1) is 11.3 Å². The first-order valence-electron chi connectivity index (χ1n) is 7.02. The zero-order chi connectivity index (χ0) is 17.3. The molecule has 0 aromatic carbocycles. The van der Waals surface area contributed by atoms with Gasteiger partial charge in [0.25, 0.3) is 5.91 Å². The smallest absolute Gasteiger partial charge is 0.319 e. The number of rotatable bonds is 5. The molecule has 0 fully saturated rings. The summed E-state index contributed by atoms with van der Waals surface area (Å²) in [6.07, 6.45) is 2.50. The summed E-state index contributed by atoms with van der Waals surface area (Å²) in [4.78, 5) is 22.8. The molecule has 0 saturated carbocycles. The summed E-state index contributed by atoms with van der Waals surface area (Å²) in [7, 11) is 1.57. The molecule has 3 aromatic rings. The zero-order valence-electron chi connectivity index (χ0n) is 12.9. The van der Waals surface area contributed by atoms with E-state index in [4.69, 9.17) is 0 Å². The highest BCUT2D eigenvalue weighted by Crippen LogP contribution is 2.30. The van der Waals surface area contributed by atoms with Gasteiger partial charge in [-0.05, 0) is 18.4 Å². The molecule has 0 bridgehead atoms. The molecule has 0 unspecified atom stereocenters. The number of carbonyl (C=O) groups excluding carboxylic acids is 1. The van der Waals surface area contributed by atoms with Gasteiger partial charge in [0, 0.05) is 30.4 Å². The number of amides is 1. The number of nitrogens with zero attached hydrogens (tertiary/aromatic N) is 4. The van der Waals surface area contributed by atoms with Crippen LogP contribution in [0.15, 0.2) is 29.2 Å². The Kier molecular flexibility index (Phi) is 4.72. The van der Waals surface area contributed by atoms with E-state index in [0.29, 0.717) is 10.6 Å². The van der Waals surface area contributed by atoms with E-state index in [2.05, 4.69) is 9.97 Å². The molecule has 3 heterocycles. The molecule has 24 heavy (non-hydrogen) atoms. The fourth-order valence-electron chi connectivity index (χ4n) is 2.21. The standard InChI is InChI=1S/C15H14F2N4OS2/c1-9-12(24-13(19-9)10-3-6-23-8-10)14(22)20(2)7-11-18-4-5-21(11)15(16)17/h3-6,8,15H,7H2,1-2H3. The SMILES string of the molecule is Cc1nc(-c2ccsc2)sc1C(=O)N(C)Cc1nccn1C(F)F. The van der Waals surface area contributed by atoms with E-state index in [9.17, 15) is 13.6 Å². The van der Waals surface area contributed by atoms with Gasteiger partial charge < -0.3 is 4.90 Å². The second-order valence-electron chi connectivity index (χ2n) is 5.14. The van der Waals surface area contributed by atoms with Crippen LogP contribution in [0.2, 0.25) is 0 Å². The molecule has 0 aliphatic rings. The first-order chi connectivity index (χ1) is 11.5. The first kappa shape index (κ1) is 16.7. The number of thiophene rings is 1. The quantitative estimate of drug-likeness (QED) is 0.683. The van der Waals surface area contributed by atoms with Crippen molar-refractivity contribution in [3.8, 4) is 10.6 Å².